The minimum absolute atomic E-state index is 0.376. The number of benzene rings is 3. The largest absolute Gasteiger partial charge is 0.489 e. The van der Waals surface area contributed by atoms with Crippen molar-refractivity contribution in [3.63, 3.8) is 0 Å². The van der Waals surface area contributed by atoms with E-state index in [2.05, 4.69) is 10.5 Å². The number of nitrogens with zero attached hydrogens (tertiary/aromatic N) is 2. The molecule has 0 saturated carbocycles. The van der Waals surface area contributed by atoms with Crippen molar-refractivity contribution in [1.82, 2.24) is 5.43 Å². The molecular weight excluding hydrogens is 462 g/mol. The molecule has 0 aliphatic rings. The number of amides is 1. The van der Waals surface area contributed by atoms with Gasteiger partial charge in [-0.05, 0) is 66.1 Å². The van der Waals surface area contributed by atoms with E-state index in [0.717, 1.165) is 27.3 Å². The third-order valence-electron chi connectivity index (χ3n) is 4.67. The van der Waals surface area contributed by atoms with Crippen LogP contribution in [-0.4, -0.2) is 33.3 Å². The summed E-state index contributed by atoms with van der Waals surface area (Å²) in [5.41, 5.74) is 5.32. The lowest BCUT2D eigenvalue weighted by Gasteiger charge is -2.23. The number of hydrazone groups is 1. The van der Waals surface area contributed by atoms with E-state index in [0.29, 0.717) is 23.1 Å². The Morgan fingerprint density at radius 3 is 2.36 bits per heavy atom. The molecule has 9 heteroatoms. The molecule has 0 fully saturated rings. The second kappa shape index (κ2) is 11.0. The van der Waals surface area contributed by atoms with Gasteiger partial charge in [0.05, 0.1) is 18.2 Å². The fourth-order valence-corrected chi connectivity index (χ4v) is 4.01. The van der Waals surface area contributed by atoms with E-state index in [-0.39, 0.29) is 6.54 Å². The fourth-order valence-electron chi connectivity index (χ4n) is 2.97. The molecule has 0 aromatic heterocycles. The standard InChI is InChI=1S/C24H24ClN3O4S/c1-18-5-3-4-6-23(18)28(33(2,30)31)16-24(29)27-26-15-19-9-13-22(14-10-19)32-17-20-7-11-21(25)12-8-20/h3-15H,16-17H2,1-2H3,(H,27,29)/b26-15-. The van der Waals surface area contributed by atoms with Crippen LogP contribution in [0.5, 0.6) is 5.75 Å². The molecule has 0 bridgehead atoms. The second-order valence-electron chi connectivity index (χ2n) is 7.33. The molecule has 172 valence electrons. The highest BCUT2D eigenvalue weighted by molar-refractivity contribution is 7.92. The van der Waals surface area contributed by atoms with Crippen LogP contribution in [0.15, 0.2) is 77.9 Å². The van der Waals surface area contributed by atoms with E-state index in [1.165, 1.54) is 6.21 Å². The first-order chi connectivity index (χ1) is 15.7. The van der Waals surface area contributed by atoms with Gasteiger partial charge >= 0.3 is 0 Å². The molecule has 7 nitrogen and oxygen atoms in total. The predicted octanol–water partition coefficient (Wildman–Crippen LogP) is 4.14. The number of ether oxygens (including phenoxy) is 1. The van der Waals surface area contributed by atoms with Gasteiger partial charge in [-0.3, -0.25) is 9.10 Å². The number of nitrogens with one attached hydrogen (secondary N) is 1. The van der Waals surface area contributed by atoms with Gasteiger partial charge in [0.2, 0.25) is 10.0 Å². The molecule has 0 aliphatic carbocycles. The zero-order chi connectivity index (χ0) is 23.8. The average Bonchev–Trinajstić information content (AvgIpc) is 2.78. The van der Waals surface area contributed by atoms with Crippen LogP contribution in [-0.2, 0) is 21.4 Å². The topological polar surface area (TPSA) is 88.1 Å². The van der Waals surface area contributed by atoms with Crippen molar-refractivity contribution in [3.05, 3.63) is 94.5 Å². The minimum Gasteiger partial charge on any atom is -0.489 e. The molecule has 0 heterocycles. The summed E-state index contributed by atoms with van der Waals surface area (Å²) in [6.45, 7) is 1.82. The number of hydrogen-bond donors (Lipinski definition) is 1. The lowest BCUT2D eigenvalue weighted by Crippen LogP contribution is -2.39. The van der Waals surface area contributed by atoms with Crippen molar-refractivity contribution >= 4 is 39.4 Å². The number of anilines is 1. The highest BCUT2D eigenvalue weighted by atomic mass is 35.5. The van der Waals surface area contributed by atoms with Crippen molar-refractivity contribution in [1.29, 1.82) is 0 Å². The maximum atomic E-state index is 12.3. The van der Waals surface area contributed by atoms with Crippen LogP contribution < -0.4 is 14.5 Å². The SMILES string of the molecule is Cc1ccccc1N(CC(=O)N/N=C\c1ccc(OCc2ccc(Cl)cc2)cc1)S(C)(=O)=O. The summed E-state index contributed by atoms with van der Waals surface area (Å²) >= 11 is 5.88. The average molecular weight is 486 g/mol. The molecule has 0 radical (unpaired) electrons. The van der Waals surface area contributed by atoms with Crippen LogP contribution in [0.2, 0.25) is 5.02 Å². The summed E-state index contributed by atoms with van der Waals surface area (Å²) in [6.07, 6.45) is 2.53. The quantitative estimate of drug-likeness (QED) is 0.364. The lowest BCUT2D eigenvalue weighted by atomic mass is 10.2. The fraction of sp³-hybridized carbons (Fsp3) is 0.167. The second-order valence-corrected chi connectivity index (χ2v) is 9.68. The smallest absolute Gasteiger partial charge is 0.260 e. The summed E-state index contributed by atoms with van der Waals surface area (Å²) in [7, 11) is -3.65. The Hall–Kier alpha value is -3.36. The summed E-state index contributed by atoms with van der Waals surface area (Å²) in [5.74, 6) is 0.135. The van der Waals surface area contributed by atoms with Crippen LogP contribution in [0.3, 0.4) is 0 Å². The van der Waals surface area contributed by atoms with Gasteiger partial charge in [-0.25, -0.2) is 13.8 Å². The Morgan fingerprint density at radius 1 is 1.06 bits per heavy atom. The molecule has 0 unspecified atom stereocenters. The zero-order valence-electron chi connectivity index (χ0n) is 18.2. The van der Waals surface area contributed by atoms with Crippen LogP contribution >= 0.6 is 11.6 Å². The van der Waals surface area contributed by atoms with E-state index in [4.69, 9.17) is 16.3 Å². The molecule has 3 rings (SSSR count). The van der Waals surface area contributed by atoms with E-state index in [1.54, 1.807) is 55.5 Å². The number of sulfonamides is 1. The van der Waals surface area contributed by atoms with Gasteiger partial charge in [0.25, 0.3) is 5.91 Å². The van der Waals surface area contributed by atoms with Crippen molar-refractivity contribution in [2.75, 3.05) is 17.1 Å². The third-order valence-corrected chi connectivity index (χ3v) is 6.05. The van der Waals surface area contributed by atoms with Gasteiger partial charge in [-0.1, -0.05) is 41.9 Å². The number of hydrogen-bond acceptors (Lipinski definition) is 5. The van der Waals surface area contributed by atoms with Crippen LogP contribution in [0.1, 0.15) is 16.7 Å². The first-order valence-electron chi connectivity index (χ1n) is 10.0. The maximum Gasteiger partial charge on any atom is 0.260 e. The van der Waals surface area contributed by atoms with Gasteiger partial charge in [-0.15, -0.1) is 0 Å². The summed E-state index contributed by atoms with van der Waals surface area (Å²) in [4.78, 5) is 12.3. The molecule has 33 heavy (non-hydrogen) atoms. The lowest BCUT2D eigenvalue weighted by molar-refractivity contribution is -0.119. The Morgan fingerprint density at radius 2 is 1.73 bits per heavy atom. The summed E-state index contributed by atoms with van der Waals surface area (Å²) < 4.78 is 31.2. The molecule has 0 spiro atoms. The zero-order valence-corrected chi connectivity index (χ0v) is 19.8. The first kappa shape index (κ1) is 24.3. The van der Waals surface area contributed by atoms with E-state index in [9.17, 15) is 13.2 Å². The molecule has 0 saturated heterocycles. The minimum atomic E-state index is -3.65. The van der Waals surface area contributed by atoms with Crippen molar-refractivity contribution in [2.24, 2.45) is 5.10 Å². The van der Waals surface area contributed by atoms with E-state index in [1.807, 2.05) is 24.3 Å². The molecule has 3 aromatic carbocycles. The van der Waals surface area contributed by atoms with Crippen molar-refractivity contribution < 1.29 is 17.9 Å². The van der Waals surface area contributed by atoms with Crippen molar-refractivity contribution in [2.45, 2.75) is 13.5 Å². The Bertz CT molecular complexity index is 1230. The Kier molecular flexibility index (Phi) is 8.08. The molecule has 3 aromatic rings. The summed E-state index contributed by atoms with van der Waals surface area (Å²) in [5, 5.41) is 4.60. The van der Waals surface area contributed by atoms with E-state index >= 15 is 0 Å². The van der Waals surface area contributed by atoms with Gasteiger partial charge in [-0.2, -0.15) is 5.10 Å². The number of carbonyl (C=O) groups excluding carboxylic acids is 1. The highest BCUT2D eigenvalue weighted by Crippen LogP contribution is 2.21. The number of halogens is 1. The van der Waals surface area contributed by atoms with Gasteiger partial charge < -0.3 is 4.74 Å². The first-order valence-corrected chi connectivity index (χ1v) is 12.3. The molecule has 1 amide bonds. The monoisotopic (exact) mass is 485 g/mol. The Balaban J connectivity index is 1.55. The van der Waals surface area contributed by atoms with Gasteiger partial charge in [0.15, 0.2) is 0 Å². The molecule has 0 aliphatic heterocycles. The van der Waals surface area contributed by atoms with Crippen molar-refractivity contribution in [3.8, 4) is 5.75 Å². The number of carbonyl (C=O) groups is 1. The Labute approximate surface area is 198 Å². The number of aryl methyl sites for hydroxylation is 1. The molecular formula is C24H24ClN3O4S. The number of para-hydroxylation sites is 1. The molecule has 1 N–H and O–H groups in total. The predicted molar refractivity (Wildman–Crippen MR) is 131 cm³/mol. The van der Waals surface area contributed by atoms with Crippen LogP contribution in [0, 0.1) is 6.92 Å². The summed E-state index contributed by atoms with van der Waals surface area (Å²) in [6, 6.07) is 21.6. The van der Waals surface area contributed by atoms with Gasteiger partial charge in [0, 0.05) is 5.02 Å². The number of rotatable bonds is 9. The maximum absolute atomic E-state index is 12.3. The third kappa shape index (κ3) is 7.34. The van der Waals surface area contributed by atoms with E-state index < -0.39 is 15.9 Å². The van der Waals surface area contributed by atoms with Crippen LogP contribution in [0.4, 0.5) is 5.69 Å². The van der Waals surface area contributed by atoms with Crippen LogP contribution in [0.25, 0.3) is 0 Å². The van der Waals surface area contributed by atoms with Gasteiger partial charge in [0.1, 0.15) is 18.9 Å². The molecule has 0 atom stereocenters. The highest BCUT2D eigenvalue weighted by Gasteiger charge is 2.21. The normalized spacial score (nSPS) is 11.4.